The summed E-state index contributed by atoms with van der Waals surface area (Å²) in [5.74, 6) is 0.736. The number of nitrogens with zero attached hydrogens (tertiary/aromatic N) is 3. The molecule has 2 fully saturated rings. The Morgan fingerprint density at radius 2 is 2.50 bits per heavy atom. The Balaban J connectivity index is 1.78. The van der Waals surface area contributed by atoms with Crippen molar-refractivity contribution >= 4 is 11.3 Å². The third-order valence-corrected chi connectivity index (χ3v) is 5.52. The second-order valence-corrected chi connectivity index (χ2v) is 6.40. The van der Waals surface area contributed by atoms with Crippen LogP contribution in [-0.2, 0) is 6.54 Å². The maximum absolute atomic E-state index is 6.17. The molecule has 0 saturated carbocycles. The fourth-order valence-electron chi connectivity index (χ4n) is 3.67. The average molecular weight is 266 g/mol. The minimum atomic E-state index is 0.191. The van der Waals surface area contributed by atoms with Gasteiger partial charge in [-0.25, -0.2) is 4.98 Å². The third-order valence-electron chi connectivity index (χ3n) is 4.89. The first-order valence-corrected chi connectivity index (χ1v) is 7.69. The summed E-state index contributed by atoms with van der Waals surface area (Å²) in [6.07, 6.45) is 2.51. The van der Waals surface area contributed by atoms with Crippen molar-refractivity contribution in [2.45, 2.75) is 24.9 Å². The summed E-state index contributed by atoms with van der Waals surface area (Å²) < 4.78 is 0. The lowest BCUT2D eigenvalue weighted by atomic mass is 9.77. The number of hydrogen-bond acceptors (Lipinski definition) is 5. The quantitative estimate of drug-likeness (QED) is 0.883. The van der Waals surface area contributed by atoms with Crippen LogP contribution in [0.25, 0.3) is 0 Å². The molecular weight excluding hydrogens is 244 g/mol. The number of likely N-dealkylation sites (N-methyl/N-ethyl adjacent to an activating group) is 1. The normalized spacial score (nSPS) is 35.3. The van der Waals surface area contributed by atoms with Crippen LogP contribution in [0, 0.1) is 5.92 Å². The van der Waals surface area contributed by atoms with E-state index in [2.05, 4.69) is 27.2 Å². The Morgan fingerprint density at radius 3 is 3.22 bits per heavy atom. The van der Waals surface area contributed by atoms with Crippen LogP contribution < -0.4 is 5.73 Å². The predicted molar refractivity (Wildman–Crippen MR) is 74.5 cm³/mol. The molecule has 2 saturated heterocycles. The summed E-state index contributed by atoms with van der Waals surface area (Å²) in [4.78, 5) is 9.45. The van der Waals surface area contributed by atoms with Gasteiger partial charge >= 0.3 is 0 Å². The lowest BCUT2D eigenvalue weighted by Crippen LogP contribution is -2.60. The molecule has 1 aromatic rings. The van der Waals surface area contributed by atoms with E-state index in [1.165, 1.54) is 38.2 Å². The van der Waals surface area contributed by atoms with Crippen molar-refractivity contribution in [3.05, 3.63) is 16.6 Å². The molecule has 0 aromatic carbocycles. The molecule has 4 nitrogen and oxygen atoms in total. The van der Waals surface area contributed by atoms with Gasteiger partial charge < -0.3 is 10.6 Å². The van der Waals surface area contributed by atoms with Gasteiger partial charge in [0.1, 0.15) is 0 Å². The summed E-state index contributed by atoms with van der Waals surface area (Å²) in [6.45, 7) is 5.40. The van der Waals surface area contributed by atoms with Crippen LogP contribution >= 0.6 is 11.3 Å². The van der Waals surface area contributed by atoms with Gasteiger partial charge in [-0.15, -0.1) is 11.3 Å². The monoisotopic (exact) mass is 266 g/mol. The van der Waals surface area contributed by atoms with E-state index in [1.54, 1.807) is 11.3 Å². The molecule has 3 unspecified atom stereocenters. The molecule has 2 aliphatic rings. The van der Waals surface area contributed by atoms with Gasteiger partial charge in [0.25, 0.3) is 0 Å². The number of hydrogen-bond donors (Lipinski definition) is 1. The Bertz CT molecular complexity index is 394. The second kappa shape index (κ2) is 4.89. The maximum Gasteiger partial charge on any atom is 0.0795 e. The van der Waals surface area contributed by atoms with Crippen molar-refractivity contribution in [3.8, 4) is 0 Å². The van der Waals surface area contributed by atoms with Crippen LogP contribution in [-0.4, -0.2) is 53.5 Å². The molecule has 5 heteroatoms. The smallest absolute Gasteiger partial charge is 0.0795 e. The molecule has 3 heterocycles. The number of fused-ring (bicyclic) bond motifs is 2. The zero-order valence-electron chi connectivity index (χ0n) is 11.0. The Kier molecular flexibility index (Phi) is 3.40. The van der Waals surface area contributed by atoms with Gasteiger partial charge in [-0.2, -0.15) is 0 Å². The zero-order chi connectivity index (χ0) is 12.6. The lowest BCUT2D eigenvalue weighted by molar-refractivity contribution is 0.0206. The molecule has 100 valence electrons. The van der Waals surface area contributed by atoms with Crippen molar-refractivity contribution in [2.24, 2.45) is 11.7 Å². The molecule has 1 aromatic heterocycles. The van der Waals surface area contributed by atoms with E-state index in [-0.39, 0.29) is 5.54 Å². The molecule has 3 rings (SSSR count). The maximum atomic E-state index is 6.17. The summed E-state index contributed by atoms with van der Waals surface area (Å²) in [6, 6.07) is 0. The number of aromatic nitrogens is 1. The number of nitrogens with two attached hydrogens (primary N) is 1. The van der Waals surface area contributed by atoms with Crippen LogP contribution in [0.4, 0.5) is 0 Å². The lowest BCUT2D eigenvalue weighted by Gasteiger charge is -2.48. The van der Waals surface area contributed by atoms with E-state index in [0.29, 0.717) is 0 Å². The highest BCUT2D eigenvalue weighted by molar-refractivity contribution is 7.07. The highest BCUT2D eigenvalue weighted by atomic mass is 32.1. The van der Waals surface area contributed by atoms with E-state index in [9.17, 15) is 0 Å². The van der Waals surface area contributed by atoms with Crippen LogP contribution in [0.5, 0.6) is 0 Å². The number of rotatable bonds is 4. The average Bonchev–Trinajstić information content (AvgIpc) is 3.01. The van der Waals surface area contributed by atoms with Gasteiger partial charge in [0.2, 0.25) is 0 Å². The van der Waals surface area contributed by atoms with Crippen LogP contribution in [0.1, 0.15) is 18.5 Å². The highest BCUT2D eigenvalue weighted by Gasteiger charge is 2.47. The first-order valence-electron chi connectivity index (χ1n) is 6.75. The number of thiazole rings is 1. The Morgan fingerprint density at radius 1 is 1.61 bits per heavy atom. The fraction of sp³-hybridized carbons (Fsp3) is 0.769. The Hall–Kier alpha value is -0.490. The van der Waals surface area contributed by atoms with Gasteiger partial charge in [-0.3, -0.25) is 4.90 Å². The van der Waals surface area contributed by atoms with E-state index in [0.717, 1.165) is 19.0 Å². The molecule has 2 N–H and O–H groups in total. The van der Waals surface area contributed by atoms with Crippen molar-refractivity contribution in [2.75, 3.05) is 33.2 Å². The number of piperidine rings is 1. The molecular formula is C13H22N4S. The van der Waals surface area contributed by atoms with Crippen molar-refractivity contribution in [1.82, 2.24) is 14.8 Å². The summed E-state index contributed by atoms with van der Waals surface area (Å²) in [5, 5.41) is 2.14. The predicted octanol–water partition coefficient (Wildman–Crippen LogP) is 0.998. The molecule has 2 bridgehead atoms. The molecule has 0 spiro atoms. The zero-order valence-corrected chi connectivity index (χ0v) is 11.8. The summed E-state index contributed by atoms with van der Waals surface area (Å²) in [7, 11) is 2.22. The SMILES string of the molecule is CN(Cc1cscn1)C1(CN)CCN2CCC1C2. The highest BCUT2D eigenvalue weighted by Crippen LogP contribution is 2.39. The topological polar surface area (TPSA) is 45.4 Å². The summed E-state index contributed by atoms with van der Waals surface area (Å²) in [5.41, 5.74) is 9.46. The third kappa shape index (κ3) is 1.99. The van der Waals surface area contributed by atoms with Crippen molar-refractivity contribution in [3.63, 3.8) is 0 Å². The summed E-state index contributed by atoms with van der Waals surface area (Å²) >= 11 is 1.67. The van der Waals surface area contributed by atoms with Gasteiger partial charge in [-0.1, -0.05) is 0 Å². The molecule has 0 aliphatic carbocycles. The molecule has 0 amide bonds. The minimum Gasteiger partial charge on any atom is -0.329 e. The van der Waals surface area contributed by atoms with Gasteiger partial charge in [0, 0.05) is 30.6 Å². The Labute approximate surface area is 113 Å². The molecule has 2 aliphatic heterocycles. The van der Waals surface area contributed by atoms with Crippen molar-refractivity contribution < 1.29 is 0 Å². The van der Waals surface area contributed by atoms with E-state index < -0.39 is 0 Å². The second-order valence-electron chi connectivity index (χ2n) is 5.68. The van der Waals surface area contributed by atoms with E-state index in [4.69, 9.17) is 5.73 Å². The van der Waals surface area contributed by atoms with Gasteiger partial charge in [0.05, 0.1) is 11.2 Å². The van der Waals surface area contributed by atoms with Crippen molar-refractivity contribution in [1.29, 1.82) is 0 Å². The fourth-order valence-corrected chi connectivity index (χ4v) is 4.22. The molecule has 0 radical (unpaired) electrons. The van der Waals surface area contributed by atoms with E-state index in [1.807, 2.05) is 5.51 Å². The van der Waals surface area contributed by atoms with Gasteiger partial charge in [0.15, 0.2) is 0 Å². The van der Waals surface area contributed by atoms with Gasteiger partial charge in [-0.05, 0) is 38.9 Å². The first kappa shape index (κ1) is 12.5. The standard InChI is InChI=1S/C13H22N4S/c1-16(7-12-8-18-10-15-12)13(9-14)3-5-17-4-2-11(13)6-17/h8,10-11H,2-7,9,14H2,1H3. The van der Waals surface area contributed by atoms with Crippen LogP contribution in [0.3, 0.4) is 0 Å². The van der Waals surface area contributed by atoms with Crippen LogP contribution in [0.2, 0.25) is 0 Å². The molecule has 18 heavy (non-hydrogen) atoms. The first-order chi connectivity index (χ1) is 8.74. The molecule has 3 atom stereocenters. The van der Waals surface area contributed by atoms with Crippen LogP contribution in [0.15, 0.2) is 10.9 Å². The van der Waals surface area contributed by atoms with E-state index >= 15 is 0 Å². The minimum absolute atomic E-state index is 0.191. The largest absolute Gasteiger partial charge is 0.329 e.